The van der Waals surface area contributed by atoms with Gasteiger partial charge in [-0.05, 0) is 38.4 Å². The van der Waals surface area contributed by atoms with Gasteiger partial charge in [-0.15, -0.1) is 0 Å². The molecular formula is C16H22N4O. The number of rotatable bonds is 2. The van der Waals surface area contributed by atoms with E-state index in [2.05, 4.69) is 21.7 Å². The predicted octanol–water partition coefficient (Wildman–Crippen LogP) is 2.08. The number of oxazole rings is 1. The molecule has 112 valence electrons. The Morgan fingerprint density at radius 2 is 2.29 bits per heavy atom. The Hall–Kier alpha value is -1.59. The monoisotopic (exact) mass is 286 g/mol. The van der Waals surface area contributed by atoms with Crippen LogP contribution in [0, 0.1) is 0 Å². The van der Waals surface area contributed by atoms with E-state index < -0.39 is 0 Å². The summed E-state index contributed by atoms with van der Waals surface area (Å²) in [6.07, 6.45) is 2.67. The Morgan fingerprint density at radius 3 is 3.19 bits per heavy atom. The molecule has 21 heavy (non-hydrogen) atoms. The van der Waals surface area contributed by atoms with Crippen LogP contribution in [0.3, 0.4) is 0 Å². The lowest BCUT2D eigenvalue weighted by Gasteiger charge is -2.41. The van der Waals surface area contributed by atoms with Crippen molar-refractivity contribution in [2.45, 2.75) is 38.4 Å². The summed E-state index contributed by atoms with van der Waals surface area (Å²) in [5.41, 5.74) is 8.20. The molecule has 3 heterocycles. The van der Waals surface area contributed by atoms with Crippen LogP contribution in [0.2, 0.25) is 0 Å². The molecule has 0 spiro atoms. The second-order valence-electron chi connectivity index (χ2n) is 6.40. The minimum Gasteiger partial charge on any atom is -0.439 e. The molecule has 2 aliphatic heterocycles. The van der Waals surface area contributed by atoms with Gasteiger partial charge in [0.05, 0.1) is 6.54 Å². The first kappa shape index (κ1) is 13.1. The smallest absolute Gasteiger partial charge is 0.209 e. The summed E-state index contributed by atoms with van der Waals surface area (Å²) < 4.78 is 5.86. The minimum absolute atomic E-state index is 0.555. The molecule has 0 saturated carbocycles. The third kappa shape index (κ3) is 2.40. The topological polar surface area (TPSA) is 58.5 Å². The fourth-order valence-corrected chi connectivity index (χ4v) is 3.70. The lowest BCUT2D eigenvalue weighted by molar-refractivity contribution is 0.0486. The van der Waals surface area contributed by atoms with E-state index in [1.54, 1.807) is 0 Å². The van der Waals surface area contributed by atoms with Gasteiger partial charge >= 0.3 is 0 Å². The second kappa shape index (κ2) is 5.00. The maximum Gasteiger partial charge on any atom is 0.209 e. The van der Waals surface area contributed by atoms with Gasteiger partial charge in [-0.2, -0.15) is 0 Å². The molecule has 2 N–H and O–H groups in total. The first-order valence-electron chi connectivity index (χ1n) is 7.82. The number of nitrogen functional groups attached to an aromatic ring is 1. The van der Waals surface area contributed by atoms with Crippen LogP contribution in [0.25, 0.3) is 11.1 Å². The Bertz CT molecular complexity index is 653. The van der Waals surface area contributed by atoms with Crippen molar-refractivity contribution in [2.24, 2.45) is 0 Å². The normalized spacial score (nSPS) is 27.3. The van der Waals surface area contributed by atoms with Crippen molar-refractivity contribution in [1.29, 1.82) is 0 Å². The van der Waals surface area contributed by atoms with E-state index in [9.17, 15) is 0 Å². The molecule has 2 aromatic rings. The zero-order chi connectivity index (χ0) is 14.4. The SMILES string of the molecule is CC1CN2CCCC2CN1Cc1nc2ccc(N)cc2o1. The van der Waals surface area contributed by atoms with Gasteiger partial charge in [0.1, 0.15) is 5.52 Å². The zero-order valence-electron chi connectivity index (χ0n) is 12.5. The Kier molecular flexibility index (Phi) is 3.12. The van der Waals surface area contributed by atoms with Crippen LogP contribution in [0.1, 0.15) is 25.7 Å². The van der Waals surface area contributed by atoms with E-state index in [4.69, 9.17) is 10.2 Å². The van der Waals surface area contributed by atoms with Crippen molar-refractivity contribution in [1.82, 2.24) is 14.8 Å². The van der Waals surface area contributed by atoms with Crippen LogP contribution in [0.5, 0.6) is 0 Å². The van der Waals surface area contributed by atoms with E-state index in [0.29, 0.717) is 6.04 Å². The van der Waals surface area contributed by atoms with Crippen molar-refractivity contribution in [2.75, 3.05) is 25.4 Å². The molecule has 1 aromatic heterocycles. The minimum atomic E-state index is 0.555. The van der Waals surface area contributed by atoms with Crippen molar-refractivity contribution in [3.8, 4) is 0 Å². The molecule has 2 fully saturated rings. The molecular weight excluding hydrogens is 264 g/mol. The molecule has 5 nitrogen and oxygen atoms in total. The lowest BCUT2D eigenvalue weighted by Crippen LogP contribution is -2.54. The summed E-state index contributed by atoms with van der Waals surface area (Å²) in [6, 6.07) is 6.93. The van der Waals surface area contributed by atoms with Crippen molar-refractivity contribution in [3.05, 3.63) is 24.1 Å². The van der Waals surface area contributed by atoms with Crippen molar-refractivity contribution < 1.29 is 4.42 Å². The highest BCUT2D eigenvalue weighted by Crippen LogP contribution is 2.26. The van der Waals surface area contributed by atoms with Crippen molar-refractivity contribution in [3.63, 3.8) is 0 Å². The van der Waals surface area contributed by atoms with E-state index in [1.807, 2.05) is 18.2 Å². The summed E-state index contributed by atoms with van der Waals surface area (Å²) in [6.45, 7) is 6.65. The van der Waals surface area contributed by atoms with Crippen LogP contribution in [-0.2, 0) is 6.54 Å². The van der Waals surface area contributed by atoms with Crippen LogP contribution in [0.4, 0.5) is 5.69 Å². The molecule has 2 saturated heterocycles. The average Bonchev–Trinajstić information content (AvgIpc) is 3.04. The van der Waals surface area contributed by atoms with Gasteiger partial charge in [-0.1, -0.05) is 0 Å². The fraction of sp³-hybridized carbons (Fsp3) is 0.562. The van der Waals surface area contributed by atoms with Crippen LogP contribution < -0.4 is 5.73 Å². The Labute approximate surface area is 124 Å². The largest absolute Gasteiger partial charge is 0.439 e. The summed E-state index contributed by atoms with van der Waals surface area (Å²) in [7, 11) is 0. The quantitative estimate of drug-likeness (QED) is 0.857. The van der Waals surface area contributed by atoms with Gasteiger partial charge in [-0.25, -0.2) is 4.98 Å². The number of nitrogens with two attached hydrogens (primary N) is 1. The first-order chi connectivity index (χ1) is 10.2. The van der Waals surface area contributed by atoms with Gasteiger partial charge in [0, 0.05) is 36.9 Å². The summed E-state index contributed by atoms with van der Waals surface area (Å²) >= 11 is 0. The van der Waals surface area contributed by atoms with Crippen LogP contribution in [-0.4, -0.2) is 46.5 Å². The maximum atomic E-state index is 5.86. The molecule has 2 atom stereocenters. The first-order valence-corrected chi connectivity index (χ1v) is 7.82. The number of hydrogen-bond donors (Lipinski definition) is 1. The van der Waals surface area contributed by atoms with Gasteiger partial charge in [-0.3, -0.25) is 9.80 Å². The highest BCUT2D eigenvalue weighted by atomic mass is 16.3. The molecule has 4 rings (SSSR count). The number of nitrogens with zero attached hydrogens (tertiary/aromatic N) is 3. The van der Waals surface area contributed by atoms with E-state index in [1.165, 1.54) is 19.4 Å². The number of hydrogen-bond acceptors (Lipinski definition) is 5. The van der Waals surface area contributed by atoms with Crippen LogP contribution >= 0.6 is 0 Å². The average molecular weight is 286 g/mol. The third-order valence-electron chi connectivity index (χ3n) is 4.86. The van der Waals surface area contributed by atoms with Gasteiger partial charge in [0.25, 0.3) is 0 Å². The highest BCUT2D eigenvalue weighted by Gasteiger charge is 2.34. The summed E-state index contributed by atoms with van der Waals surface area (Å²) in [4.78, 5) is 9.72. The van der Waals surface area contributed by atoms with E-state index in [-0.39, 0.29) is 0 Å². The Balaban J connectivity index is 1.53. The molecule has 0 bridgehead atoms. The van der Waals surface area contributed by atoms with Gasteiger partial charge < -0.3 is 10.2 Å². The van der Waals surface area contributed by atoms with Crippen molar-refractivity contribution >= 4 is 16.8 Å². The molecule has 0 amide bonds. The van der Waals surface area contributed by atoms with E-state index >= 15 is 0 Å². The summed E-state index contributed by atoms with van der Waals surface area (Å²) in [5, 5.41) is 0. The predicted molar refractivity (Wildman–Crippen MR) is 82.9 cm³/mol. The lowest BCUT2D eigenvalue weighted by atomic mass is 10.1. The summed E-state index contributed by atoms with van der Waals surface area (Å²) in [5.74, 6) is 0.800. The number of aromatic nitrogens is 1. The van der Waals surface area contributed by atoms with Gasteiger partial charge in [0.15, 0.2) is 5.58 Å². The number of anilines is 1. The maximum absolute atomic E-state index is 5.86. The molecule has 2 unspecified atom stereocenters. The molecule has 0 radical (unpaired) electrons. The molecule has 0 aliphatic carbocycles. The number of benzene rings is 1. The second-order valence-corrected chi connectivity index (χ2v) is 6.40. The fourth-order valence-electron chi connectivity index (χ4n) is 3.70. The van der Waals surface area contributed by atoms with Crippen LogP contribution in [0.15, 0.2) is 22.6 Å². The highest BCUT2D eigenvalue weighted by molar-refractivity contribution is 5.76. The Morgan fingerprint density at radius 1 is 1.38 bits per heavy atom. The molecule has 1 aromatic carbocycles. The van der Waals surface area contributed by atoms with E-state index in [0.717, 1.165) is 48.4 Å². The third-order valence-corrected chi connectivity index (χ3v) is 4.86. The van der Waals surface area contributed by atoms with Gasteiger partial charge in [0.2, 0.25) is 5.89 Å². The zero-order valence-corrected chi connectivity index (χ0v) is 12.5. The number of piperazine rings is 1. The molecule has 5 heteroatoms. The molecule has 2 aliphatic rings. The number of fused-ring (bicyclic) bond motifs is 2. The standard InChI is InChI=1S/C16H22N4O/c1-11-8-19-6-2-3-13(19)9-20(11)10-16-18-14-5-4-12(17)7-15(14)21-16/h4-5,7,11,13H,2-3,6,8-10,17H2,1H3.